The second-order valence-corrected chi connectivity index (χ2v) is 7.55. The average molecular weight is 266 g/mol. The molecule has 1 N–H and O–H groups in total. The largest absolute Gasteiger partial charge is 0.481 e. The molecule has 0 radical (unpaired) electrons. The maximum Gasteiger partial charge on any atom is 0.303 e. The van der Waals surface area contributed by atoms with Crippen molar-refractivity contribution in [3.63, 3.8) is 0 Å². The number of rotatable bonds is 3. The van der Waals surface area contributed by atoms with Crippen LogP contribution in [-0.2, 0) is 9.59 Å². The Morgan fingerprint density at radius 2 is 1.79 bits per heavy atom. The Morgan fingerprint density at radius 1 is 1.16 bits per heavy atom. The summed E-state index contributed by atoms with van der Waals surface area (Å²) in [5.41, 5.74) is -0.624. The molecule has 0 heterocycles. The van der Waals surface area contributed by atoms with Crippen molar-refractivity contribution in [1.29, 1.82) is 0 Å². The molecule has 108 valence electrons. The van der Waals surface area contributed by atoms with Crippen molar-refractivity contribution in [3.8, 4) is 0 Å². The van der Waals surface area contributed by atoms with Gasteiger partial charge in [-0.2, -0.15) is 0 Å². The maximum atomic E-state index is 12.2. The highest BCUT2D eigenvalue weighted by molar-refractivity contribution is 5.84. The third kappa shape index (κ3) is 1.93. The monoisotopic (exact) mass is 266 g/mol. The molecule has 1 unspecified atom stereocenters. The van der Waals surface area contributed by atoms with E-state index in [1.807, 2.05) is 6.92 Å². The van der Waals surface area contributed by atoms with Crippen LogP contribution in [0, 0.1) is 22.2 Å². The number of carbonyl (C=O) groups excluding carboxylic acids is 1. The molecule has 0 saturated heterocycles. The van der Waals surface area contributed by atoms with E-state index in [2.05, 4.69) is 13.8 Å². The van der Waals surface area contributed by atoms with Gasteiger partial charge in [0, 0.05) is 5.41 Å². The molecule has 3 nitrogen and oxygen atoms in total. The second kappa shape index (κ2) is 4.32. The average Bonchev–Trinajstić information content (AvgIpc) is 2.53. The Bertz CT molecular complexity index is 412. The van der Waals surface area contributed by atoms with Crippen molar-refractivity contribution >= 4 is 11.8 Å². The van der Waals surface area contributed by atoms with Gasteiger partial charge in [0.05, 0.1) is 6.42 Å². The zero-order valence-corrected chi connectivity index (χ0v) is 12.6. The van der Waals surface area contributed by atoms with Gasteiger partial charge in [0.25, 0.3) is 0 Å². The van der Waals surface area contributed by atoms with E-state index >= 15 is 0 Å². The summed E-state index contributed by atoms with van der Waals surface area (Å²) in [6, 6.07) is 0. The number of carbonyl (C=O) groups is 2. The molecule has 2 aliphatic carbocycles. The van der Waals surface area contributed by atoms with E-state index in [4.69, 9.17) is 0 Å². The summed E-state index contributed by atoms with van der Waals surface area (Å²) in [7, 11) is 0. The minimum Gasteiger partial charge on any atom is -0.481 e. The standard InChI is InChI=1S/C16H26O3/c1-11(17)15(4)9-6-12-14(2,3)7-5-8-16(12,15)10-13(18)19/h12H,5-10H2,1-4H3,(H,18,19)/t12?,15-,16-/m0/s1. The van der Waals surface area contributed by atoms with Crippen LogP contribution in [0.5, 0.6) is 0 Å². The van der Waals surface area contributed by atoms with Gasteiger partial charge >= 0.3 is 5.97 Å². The minimum atomic E-state index is -0.753. The molecule has 3 atom stereocenters. The van der Waals surface area contributed by atoms with Crippen LogP contribution in [0.1, 0.15) is 66.2 Å². The summed E-state index contributed by atoms with van der Waals surface area (Å²) < 4.78 is 0. The fourth-order valence-corrected chi connectivity index (χ4v) is 5.17. The predicted octanol–water partition coefficient (Wildman–Crippen LogP) is 3.66. The number of hydrogen-bond acceptors (Lipinski definition) is 2. The molecule has 0 aliphatic heterocycles. The van der Waals surface area contributed by atoms with E-state index in [-0.39, 0.29) is 23.0 Å². The summed E-state index contributed by atoms with van der Waals surface area (Å²) >= 11 is 0. The highest BCUT2D eigenvalue weighted by atomic mass is 16.4. The van der Waals surface area contributed by atoms with E-state index in [1.165, 1.54) is 0 Å². The summed E-state index contributed by atoms with van der Waals surface area (Å²) in [6.07, 6.45) is 5.08. The quantitative estimate of drug-likeness (QED) is 0.848. The fraction of sp³-hybridized carbons (Fsp3) is 0.875. The molecular weight excluding hydrogens is 240 g/mol. The van der Waals surface area contributed by atoms with E-state index in [1.54, 1.807) is 6.92 Å². The molecule has 19 heavy (non-hydrogen) atoms. The zero-order valence-electron chi connectivity index (χ0n) is 12.6. The van der Waals surface area contributed by atoms with Gasteiger partial charge in [-0.3, -0.25) is 9.59 Å². The molecule has 3 heteroatoms. The van der Waals surface area contributed by atoms with Gasteiger partial charge in [0.15, 0.2) is 0 Å². The molecule has 2 aliphatic rings. The predicted molar refractivity (Wildman–Crippen MR) is 73.8 cm³/mol. The van der Waals surface area contributed by atoms with Crippen LogP contribution in [-0.4, -0.2) is 16.9 Å². The molecule has 2 saturated carbocycles. The highest BCUT2D eigenvalue weighted by Crippen LogP contribution is 2.68. The first-order chi connectivity index (χ1) is 8.66. The van der Waals surface area contributed by atoms with Crippen molar-refractivity contribution in [2.24, 2.45) is 22.2 Å². The fourth-order valence-electron chi connectivity index (χ4n) is 5.17. The van der Waals surface area contributed by atoms with E-state index in [0.717, 1.165) is 32.1 Å². The number of Topliss-reactive ketones (excluding diaryl/α,β-unsaturated/α-hetero) is 1. The summed E-state index contributed by atoms with van der Waals surface area (Å²) in [4.78, 5) is 23.6. The first kappa shape index (κ1) is 14.5. The van der Waals surface area contributed by atoms with Gasteiger partial charge in [-0.1, -0.05) is 27.2 Å². The molecule has 0 bridgehead atoms. The maximum absolute atomic E-state index is 12.2. The van der Waals surface area contributed by atoms with Gasteiger partial charge in [-0.15, -0.1) is 0 Å². The molecular formula is C16H26O3. The van der Waals surface area contributed by atoms with E-state index < -0.39 is 11.4 Å². The van der Waals surface area contributed by atoms with Crippen molar-refractivity contribution in [2.75, 3.05) is 0 Å². The minimum absolute atomic E-state index is 0.150. The zero-order chi connectivity index (χ0) is 14.5. The van der Waals surface area contributed by atoms with Crippen LogP contribution in [0.4, 0.5) is 0 Å². The number of carboxylic acid groups (broad SMARTS) is 1. The molecule has 0 aromatic heterocycles. The summed E-state index contributed by atoms with van der Waals surface area (Å²) in [5, 5.41) is 9.38. The third-order valence-corrected chi connectivity index (χ3v) is 6.33. The lowest BCUT2D eigenvalue weighted by molar-refractivity contribution is -0.152. The first-order valence-electron chi connectivity index (χ1n) is 7.39. The van der Waals surface area contributed by atoms with Gasteiger partial charge in [0.1, 0.15) is 5.78 Å². The SMILES string of the molecule is CC(=O)[C@]1(C)CCC2C(C)(C)CCC[C@]21CC(=O)O. The van der Waals surface area contributed by atoms with Crippen LogP contribution in [0.15, 0.2) is 0 Å². The molecule has 0 amide bonds. The van der Waals surface area contributed by atoms with Crippen molar-refractivity contribution in [2.45, 2.75) is 66.2 Å². The molecule has 0 aromatic carbocycles. The van der Waals surface area contributed by atoms with E-state index in [9.17, 15) is 14.7 Å². The molecule has 2 rings (SSSR count). The number of carboxylic acids is 1. The second-order valence-electron chi connectivity index (χ2n) is 7.55. The summed E-state index contributed by atoms with van der Waals surface area (Å²) in [5.74, 6) is -0.218. The smallest absolute Gasteiger partial charge is 0.303 e. The lowest BCUT2D eigenvalue weighted by Gasteiger charge is -2.54. The third-order valence-electron chi connectivity index (χ3n) is 6.33. The Hall–Kier alpha value is -0.860. The Balaban J connectivity index is 2.52. The van der Waals surface area contributed by atoms with Crippen LogP contribution >= 0.6 is 0 Å². The van der Waals surface area contributed by atoms with Gasteiger partial charge in [-0.25, -0.2) is 0 Å². The van der Waals surface area contributed by atoms with Gasteiger partial charge in [-0.05, 0) is 49.4 Å². The Labute approximate surface area is 115 Å². The first-order valence-corrected chi connectivity index (χ1v) is 7.39. The molecule has 2 fully saturated rings. The summed E-state index contributed by atoms with van der Waals surface area (Å²) in [6.45, 7) is 8.16. The topological polar surface area (TPSA) is 54.4 Å². The van der Waals surface area contributed by atoms with Gasteiger partial charge in [0.2, 0.25) is 0 Å². The molecule has 0 aromatic rings. The number of fused-ring (bicyclic) bond motifs is 1. The van der Waals surface area contributed by atoms with Crippen molar-refractivity contribution in [1.82, 2.24) is 0 Å². The number of aliphatic carboxylic acids is 1. The lowest BCUT2D eigenvalue weighted by Crippen LogP contribution is -2.51. The lowest BCUT2D eigenvalue weighted by atomic mass is 9.49. The van der Waals surface area contributed by atoms with Crippen LogP contribution in [0.25, 0.3) is 0 Å². The van der Waals surface area contributed by atoms with Gasteiger partial charge < -0.3 is 5.11 Å². The van der Waals surface area contributed by atoms with Crippen molar-refractivity contribution in [3.05, 3.63) is 0 Å². The van der Waals surface area contributed by atoms with Crippen LogP contribution < -0.4 is 0 Å². The molecule has 0 spiro atoms. The van der Waals surface area contributed by atoms with Crippen LogP contribution in [0.3, 0.4) is 0 Å². The Morgan fingerprint density at radius 3 is 2.32 bits per heavy atom. The number of hydrogen-bond donors (Lipinski definition) is 1. The van der Waals surface area contributed by atoms with Crippen LogP contribution in [0.2, 0.25) is 0 Å². The number of ketones is 1. The van der Waals surface area contributed by atoms with Crippen molar-refractivity contribution < 1.29 is 14.7 Å². The highest BCUT2D eigenvalue weighted by Gasteiger charge is 2.64. The normalized spacial score (nSPS) is 40.7. The Kier molecular flexibility index (Phi) is 3.31. The van der Waals surface area contributed by atoms with E-state index in [0.29, 0.717) is 5.92 Å².